The van der Waals surface area contributed by atoms with E-state index in [0.717, 1.165) is 37.9 Å². The normalized spacial score (nSPS) is 22.1. The molecule has 1 aromatic carbocycles. The van der Waals surface area contributed by atoms with Gasteiger partial charge in [-0.2, -0.15) is 0 Å². The topological polar surface area (TPSA) is 90.3 Å². The molecule has 7 nitrogen and oxygen atoms in total. The first kappa shape index (κ1) is 19.6. The number of aryl methyl sites for hydroxylation is 1. The number of nitrogens with zero attached hydrogens (tertiary/aromatic N) is 2. The van der Waals surface area contributed by atoms with Crippen LogP contribution < -0.4 is 10.9 Å². The summed E-state index contributed by atoms with van der Waals surface area (Å²) < 4.78 is 7.08. The zero-order valence-corrected chi connectivity index (χ0v) is 16.9. The van der Waals surface area contributed by atoms with E-state index < -0.39 is 12.1 Å². The molecule has 4 rings (SSSR count). The van der Waals surface area contributed by atoms with Crippen LogP contribution in [0.2, 0.25) is 0 Å². The molecule has 7 heteroatoms. The van der Waals surface area contributed by atoms with Crippen LogP contribution in [0, 0.1) is 5.92 Å². The number of fused-ring (bicyclic) bond motifs is 2. The summed E-state index contributed by atoms with van der Waals surface area (Å²) in [6.07, 6.45) is 5.15. The van der Waals surface area contributed by atoms with Crippen molar-refractivity contribution in [1.29, 1.82) is 0 Å². The Bertz CT molecular complexity index is 1010. The number of aromatic nitrogens is 2. The molecule has 0 saturated heterocycles. The van der Waals surface area contributed by atoms with Crippen LogP contribution in [0.5, 0.6) is 0 Å². The Morgan fingerprint density at radius 2 is 2.03 bits per heavy atom. The lowest BCUT2D eigenvalue weighted by molar-refractivity contribution is -0.130. The SMILES string of the molecule is C[C@@H]1CCCC[C@@H]1NC(=O)[C@@H](C)OC(=O)c1ccc2c(=O)n3c(nc2c1)CCC3. The highest BCUT2D eigenvalue weighted by Crippen LogP contribution is 2.24. The van der Waals surface area contributed by atoms with Crippen molar-refractivity contribution in [2.24, 2.45) is 5.92 Å². The number of hydrogen-bond acceptors (Lipinski definition) is 5. The number of rotatable bonds is 4. The molecule has 1 amide bonds. The molecule has 2 heterocycles. The minimum Gasteiger partial charge on any atom is -0.449 e. The van der Waals surface area contributed by atoms with Crippen LogP contribution in [0.3, 0.4) is 0 Å². The Morgan fingerprint density at radius 1 is 1.24 bits per heavy atom. The van der Waals surface area contributed by atoms with Crippen molar-refractivity contribution in [2.75, 3.05) is 0 Å². The maximum Gasteiger partial charge on any atom is 0.338 e. The van der Waals surface area contributed by atoms with Crippen LogP contribution in [0.15, 0.2) is 23.0 Å². The molecule has 1 aliphatic carbocycles. The van der Waals surface area contributed by atoms with Crippen LogP contribution in [-0.2, 0) is 22.5 Å². The first-order chi connectivity index (χ1) is 13.9. The van der Waals surface area contributed by atoms with E-state index in [-0.39, 0.29) is 23.1 Å². The molecule has 154 valence electrons. The first-order valence-electron chi connectivity index (χ1n) is 10.5. The van der Waals surface area contributed by atoms with Crippen LogP contribution in [0.1, 0.15) is 62.1 Å². The van der Waals surface area contributed by atoms with E-state index >= 15 is 0 Å². The Kier molecular flexibility index (Phi) is 5.39. The molecule has 2 aromatic rings. The number of benzene rings is 1. The van der Waals surface area contributed by atoms with E-state index in [1.807, 2.05) is 0 Å². The van der Waals surface area contributed by atoms with Crippen molar-refractivity contribution < 1.29 is 14.3 Å². The average molecular weight is 397 g/mol. The fraction of sp³-hybridized carbons (Fsp3) is 0.545. The van der Waals surface area contributed by atoms with Gasteiger partial charge in [-0.25, -0.2) is 9.78 Å². The van der Waals surface area contributed by atoms with Gasteiger partial charge in [-0.1, -0.05) is 19.8 Å². The molecule has 0 unspecified atom stereocenters. The fourth-order valence-corrected chi connectivity index (χ4v) is 4.32. The minimum absolute atomic E-state index is 0.0724. The predicted octanol–water partition coefficient (Wildman–Crippen LogP) is 2.58. The summed E-state index contributed by atoms with van der Waals surface area (Å²) in [5, 5.41) is 3.51. The summed E-state index contributed by atoms with van der Waals surface area (Å²) in [4.78, 5) is 42.1. The Labute approximate surface area is 169 Å². The molecule has 2 aliphatic rings. The summed E-state index contributed by atoms with van der Waals surface area (Å²) in [6, 6.07) is 4.88. The van der Waals surface area contributed by atoms with Crippen molar-refractivity contribution in [3.8, 4) is 0 Å². The second kappa shape index (κ2) is 7.97. The van der Waals surface area contributed by atoms with Crippen LogP contribution >= 0.6 is 0 Å². The maximum absolute atomic E-state index is 12.6. The van der Waals surface area contributed by atoms with Gasteiger partial charge in [0.15, 0.2) is 6.10 Å². The highest BCUT2D eigenvalue weighted by molar-refractivity contribution is 5.95. The highest BCUT2D eigenvalue weighted by atomic mass is 16.5. The van der Waals surface area contributed by atoms with E-state index in [4.69, 9.17) is 4.74 Å². The molecule has 3 atom stereocenters. The van der Waals surface area contributed by atoms with Crippen LogP contribution in [0.4, 0.5) is 0 Å². The van der Waals surface area contributed by atoms with Crippen molar-refractivity contribution in [2.45, 2.75) is 71.1 Å². The largest absolute Gasteiger partial charge is 0.449 e. The number of amides is 1. The second-order valence-corrected chi connectivity index (χ2v) is 8.24. The zero-order chi connectivity index (χ0) is 20.5. The number of carbonyl (C=O) groups is 2. The van der Waals surface area contributed by atoms with Gasteiger partial charge in [-0.05, 0) is 50.3 Å². The van der Waals surface area contributed by atoms with Crippen LogP contribution in [-0.4, -0.2) is 33.6 Å². The lowest BCUT2D eigenvalue weighted by atomic mass is 9.86. The molecule has 1 aliphatic heterocycles. The van der Waals surface area contributed by atoms with E-state index in [0.29, 0.717) is 23.4 Å². The number of ether oxygens (including phenoxy) is 1. The first-order valence-corrected chi connectivity index (χ1v) is 10.5. The van der Waals surface area contributed by atoms with Gasteiger partial charge in [-0.15, -0.1) is 0 Å². The molecular formula is C22H27N3O4. The number of nitrogens with one attached hydrogen (secondary N) is 1. The molecule has 29 heavy (non-hydrogen) atoms. The Balaban J connectivity index is 1.46. The highest BCUT2D eigenvalue weighted by Gasteiger charge is 2.27. The molecule has 1 fully saturated rings. The second-order valence-electron chi connectivity index (χ2n) is 8.24. The van der Waals surface area contributed by atoms with E-state index in [1.54, 1.807) is 29.7 Å². The molecule has 1 saturated carbocycles. The van der Waals surface area contributed by atoms with Crippen molar-refractivity contribution >= 4 is 22.8 Å². The smallest absolute Gasteiger partial charge is 0.338 e. The molecule has 1 N–H and O–H groups in total. The standard InChI is InChI=1S/C22H27N3O4/c1-13-6-3-4-7-17(13)24-20(26)14(2)29-22(28)15-9-10-16-18(12-15)23-19-8-5-11-25(19)21(16)27/h9-10,12-14,17H,3-8,11H2,1-2H3,(H,24,26)/t13-,14-,17+/m1/s1. The zero-order valence-electron chi connectivity index (χ0n) is 16.9. The Morgan fingerprint density at radius 3 is 2.83 bits per heavy atom. The Hall–Kier alpha value is -2.70. The maximum atomic E-state index is 12.6. The van der Waals surface area contributed by atoms with Gasteiger partial charge >= 0.3 is 5.97 Å². The quantitative estimate of drug-likeness (QED) is 0.801. The van der Waals surface area contributed by atoms with E-state index in [2.05, 4.69) is 17.2 Å². The van der Waals surface area contributed by atoms with Gasteiger partial charge in [0.1, 0.15) is 5.82 Å². The van der Waals surface area contributed by atoms with Crippen molar-refractivity contribution in [1.82, 2.24) is 14.9 Å². The van der Waals surface area contributed by atoms with Gasteiger partial charge in [0.05, 0.1) is 16.5 Å². The fourth-order valence-electron chi connectivity index (χ4n) is 4.32. The summed E-state index contributed by atoms with van der Waals surface area (Å²) in [5.41, 5.74) is 0.709. The van der Waals surface area contributed by atoms with E-state index in [9.17, 15) is 14.4 Å². The van der Waals surface area contributed by atoms with Crippen LogP contribution in [0.25, 0.3) is 10.9 Å². The van der Waals surface area contributed by atoms with Crippen molar-refractivity contribution in [3.05, 3.63) is 39.9 Å². The molecule has 0 spiro atoms. The third kappa shape index (κ3) is 3.91. The monoisotopic (exact) mass is 397 g/mol. The third-order valence-electron chi connectivity index (χ3n) is 6.14. The summed E-state index contributed by atoms with van der Waals surface area (Å²) in [6.45, 7) is 4.41. The summed E-state index contributed by atoms with van der Waals surface area (Å²) in [5.74, 6) is 0.325. The molecule has 0 radical (unpaired) electrons. The number of hydrogen-bond donors (Lipinski definition) is 1. The number of esters is 1. The lowest BCUT2D eigenvalue weighted by Crippen LogP contribution is -2.45. The van der Waals surface area contributed by atoms with E-state index in [1.165, 1.54) is 6.42 Å². The molecule has 1 aromatic heterocycles. The minimum atomic E-state index is -0.883. The van der Waals surface area contributed by atoms with Gasteiger partial charge < -0.3 is 10.1 Å². The summed E-state index contributed by atoms with van der Waals surface area (Å²) in [7, 11) is 0. The molecule has 0 bridgehead atoms. The van der Waals surface area contributed by atoms with Gasteiger partial charge in [0.2, 0.25) is 0 Å². The van der Waals surface area contributed by atoms with Crippen molar-refractivity contribution in [3.63, 3.8) is 0 Å². The van der Waals surface area contributed by atoms with Gasteiger partial charge in [-0.3, -0.25) is 14.2 Å². The third-order valence-corrected chi connectivity index (χ3v) is 6.14. The predicted molar refractivity (Wildman–Crippen MR) is 109 cm³/mol. The average Bonchev–Trinajstić information content (AvgIpc) is 3.18. The molecular weight excluding hydrogens is 370 g/mol. The number of carbonyl (C=O) groups excluding carboxylic acids is 2. The van der Waals surface area contributed by atoms with Gasteiger partial charge in [0.25, 0.3) is 11.5 Å². The summed E-state index contributed by atoms with van der Waals surface area (Å²) >= 11 is 0. The lowest BCUT2D eigenvalue weighted by Gasteiger charge is -2.30. The van der Waals surface area contributed by atoms with Gasteiger partial charge in [0, 0.05) is 19.0 Å².